The lowest BCUT2D eigenvalue weighted by Crippen LogP contribution is -2.30. The zero-order valence-electron chi connectivity index (χ0n) is 43.8. The maximum absolute atomic E-state index is 12.8. The Morgan fingerprint density at radius 1 is 0.297 bits per heavy atom. The molecule has 0 saturated heterocycles. The Bertz CT molecular complexity index is 964. The Morgan fingerprint density at radius 2 is 0.516 bits per heavy atom. The molecule has 0 aromatic rings. The van der Waals surface area contributed by atoms with E-state index < -0.39 is 6.10 Å². The zero-order chi connectivity index (χ0) is 46.7. The Morgan fingerprint density at radius 3 is 0.766 bits per heavy atom. The van der Waals surface area contributed by atoms with Gasteiger partial charge in [0.05, 0.1) is 0 Å². The van der Waals surface area contributed by atoms with Crippen LogP contribution < -0.4 is 0 Å². The van der Waals surface area contributed by atoms with Crippen molar-refractivity contribution in [2.45, 2.75) is 336 Å². The molecule has 0 amide bonds. The lowest BCUT2D eigenvalue weighted by Gasteiger charge is -2.18. The van der Waals surface area contributed by atoms with E-state index in [0.717, 1.165) is 63.7 Å². The van der Waals surface area contributed by atoms with Crippen molar-refractivity contribution in [2.75, 3.05) is 13.2 Å². The van der Waals surface area contributed by atoms with Crippen LogP contribution in [0.4, 0.5) is 0 Å². The Hall–Kier alpha value is -1.59. The molecule has 0 aromatic carbocycles. The minimum Gasteiger partial charge on any atom is -0.462 e. The third kappa shape index (κ3) is 51.4. The van der Waals surface area contributed by atoms with E-state index in [1.165, 1.54) is 225 Å². The molecule has 1 atom stereocenters. The number of unbranched alkanes of at least 4 members (excludes halogenated alkanes) is 40. The van der Waals surface area contributed by atoms with Crippen LogP contribution in [0.25, 0.3) is 0 Å². The van der Waals surface area contributed by atoms with Crippen molar-refractivity contribution in [3.8, 4) is 0 Å². The Balaban J connectivity index is 4.28. The predicted octanol–water partition coefficient (Wildman–Crippen LogP) is 19.0. The van der Waals surface area contributed by atoms with Crippen molar-refractivity contribution in [1.82, 2.24) is 0 Å². The van der Waals surface area contributed by atoms with Crippen LogP contribution in [0.5, 0.6) is 0 Å². The highest BCUT2D eigenvalue weighted by Crippen LogP contribution is 2.18. The molecule has 380 valence electrons. The minimum absolute atomic E-state index is 0.0619. The van der Waals surface area contributed by atoms with Gasteiger partial charge in [-0.15, -0.1) is 0 Å². The second kappa shape index (κ2) is 52.4. The van der Waals surface area contributed by atoms with Crippen LogP contribution in [0.1, 0.15) is 329 Å². The fourth-order valence-electron chi connectivity index (χ4n) is 8.92. The summed E-state index contributed by atoms with van der Waals surface area (Å²) in [6, 6.07) is 0. The maximum Gasteiger partial charge on any atom is 0.306 e. The third-order valence-electron chi connectivity index (χ3n) is 13.3. The molecule has 0 heterocycles. The molecule has 0 radical (unpaired) electrons. The Labute approximate surface area is 399 Å². The molecule has 0 spiro atoms. The average molecular weight is 906 g/mol. The van der Waals surface area contributed by atoms with Gasteiger partial charge in [-0.1, -0.05) is 291 Å². The average Bonchev–Trinajstić information content (AvgIpc) is 3.28. The summed E-state index contributed by atoms with van der Waals surface area (Å²) >= 11 is 0. The first-order valence-electron chi connectivity index (χ1n) is 28.9. The molecule has 6 nitrogen and oxygen atoms in total. The topological polar surface area (TPSA) is 78.9 Å². The van der Waals surface area contributed by atoms with Crippen LogP contribution in [-0.2, 0) is 28.6 Å². The summed E-state index contributed by atoms with van der Waals surface area (Å²) in [5.41, 5.74) is 0. The van der Waals surface area contributed by atoms with E-state index in [0.29, 0.717) is 19.3 Å². The molecule has 0 rings (SSSR count). The normalized spacial score (nSPS) is 12.0. The van der Waals surface area contributed by atoms with Crippen LogP contribution in [0.2, 0.25) is 0 Å². The van der Waals surface area contributed by atoms with E-state index in [2.05, 4.69) is 27.7 Å². The van der Waals surface area contributed by atoms with Crippen molar-refractivity contribution >= 4 is 17.9 Å². The van der Waals surface area contributed by atoms with E-state index in [-0.39, 0.29) is 31.1 Å². The molecule has 0 saturated carbocycles. The summed E-state index contributed by atoms with van der Waals surface area (Å²) in [5.74, 6) is -0.00915. The van der Waals surface area contributed by atoms with E-state index in [9.17, 15) is 14.4 Å². The zero-order valence-corrected chi connectivity index (χ0v) is 43.8. The predicted molar refractivity (Wildman–Crippen MR) is 275 cm³/mol. The van der Waals surface area contributed by atoms with Crippen molar-refractivity contribution in [2.24, 2.45) is 5.92 Å². The van der Waals surface area contributed by atoms with Crippen LogP contribution in [0.15, 0.2) is 0 Å². The molecular formula is C58H112O6. The van der Waals surface area contributed by atoms with E-state index >= 15 is 0 Å². The highest BCUT2D eigenvalue weighted by atomic mass is 16.6. The standard InChI is InChI=1S/C58H112O6/c1-5-7-9-11-13-15-17-19-21-22-23-24-26-29-33-37-41-45-49-56(59)62-52-55(64-58(61)51-47-43-39-35-30-25-20-18-16-14-12-10-8-6-2)53-63-57(60)50-46-42-38-34-31-27-28-32-36-40-44-48-54(3)4/h54-55H,5-53H2,1-4H3/t55-/m1/s1. The molecule has 0 fully saturated rings. The lowest BCUT2D eigenvalue weighted by atomic mass is 10.0. The molecule has 0 aromatic heterocycles. The van der Waals surface area contributed by atoms with E-state index in [4.69, 9.17) is 14.2 Å². The van der Waals surface area contributed by atoms with Gasteiger partial charge in [-0.25, -0.2) is 0 Å². The van der Waals surface area contributed by atoms with Crippen LogP contribution in [-0.4, -0.2) is 37.2 Å². The van der Waals surface area contributed by atoms with Crippen molar-refractivity contribution < 1.29 is 28.6 Å². The largest absolute Gasteiger partial charge is 0.462 e. The highest BCUT2D eigenvalue weighted by molar-refractivity contribution is 5.71. The minimum atomic E-state index is -0.762. The Kier molecular flexibility index (Phi) is 51.1. The SMILES string of the molecule is CCCCCCCCCCCCCCCCCCCCC(=O)OC[C@H](COC(=O)CCCCCCCCCCCCCC(C)C)OC(=O)CCCCCCCCCCCCCCCC. The molecule has 0 bridgehead atoms. The third-order valence-corrected chi connectivity index (χ3v) is 13.3. The summed E-state index contributed by atoms with van der Waals surface area (Å²) in [6.07, 6.45) is 56.6. The van der Waals surface area contributed by atoms with Gasteiger partial charge in [-0.05, 0) is 25.2 Å². The second-order valence-corrected chi connectivity index (χ2v) is 20.4. The van der Waals surface area contributed by atoms with Gasteiger partial charge < -0.3 is 14.2 Å². The van der Waals surface area contributed by atoms with E-state index in [1.807, 2.05) is 0 Å². The lowest BCUT2D eigenvalue weighted by molar-refractivity contribution is -0.167. The molecule has 0 N–H and O–H groups in total. The molecule has 0 aliphatic rings. The van der Waals surface area contributed by atoms with Gasteiger partial charge in [0.2, 0.25) is 0 Å². The number of esters is 3. The quantitative estimate of drug-likeness (QED) is 0.0344. The molecule has 0 unspecified atom stereocenters. The smallest absolute Gasteiger partial charge is 0.306 e. The highest BCUT2D eigenvalue weighted by Gasteiger charge is 2.19. The van der Waals surface area contributed by atoms with Gasteiger partial charge in [-0.3, -0.25) is 14.4 Å². The van der Waals surface area contributed by atoms with E-state index in [1.54, 1.807) is 0 Å². The molecule has 64 heavy (non-hydrogen) atoms. The number of rotatable bonds is 53. The second-order valence-electron chi connectivity index (χ2n) is 20.4. The monoisotopic (exact) mass is 905 g/mol. The number of carbonyl (C=O) groups is 3. The van der Waals surface area contributed by atoms with Crippen molar-refractivity contribution in [1.29, 1.82) is 0 Å². The first kappa shape index (κ1) is 62.4. The summed E-state index contributed by atoms with van der Waals surface area (Å²) < 4.78 is 16.9. The molecular weight excluding hydrogens is 793 g/mol. The van der Waals surface area contributed by atoms with Gasteiger partial charge in [0.15, 0.2) is 6.10 Å². The summed E-state index contributed by atoms with van der Waals surface area (Å²) in [4.78, 5) is 38.1. The molecule has 0 aliphatic heterocycles. The van der Waals surface area contributed by atoms with Gasteiger partial charge in [-0.2, -0.15) is 0 Å². The molecule has 6 heteroatoms. The number of ether oxygens (including phenoxy) is 3. The van der Waals surface area contributed by atoms with Gasteiger partial charge in [0, 0.05) is 19.3 Å². The van der Waals surface area contributed by atoms with Crippen LogP contribution >= 0.6 is 0 Å². The van der Waals surface area contributed by atoms with Crippen molar-refractivity contribution in [3.05, 3.63) is 0 Å². The fraction of sp³-hybridized carbons (Fsp3) is 0.948. The van der Waals surface area contributed by atoms with Crippen LogP contribution in [0.3, 0.4) is 0 Å². The van der Waals surface area contributed by atoms with Gasteiger partial charge in [0.1, 0.15) is 13.2 Å². The summed E-state index contributed by atoms with van der Waals surface area (Å²) in [7, 11) is 0. The summed E-state index contributed by atoms with van der Waals surface area (Å²) in [6.45, 7) is 9.05. The summed E-state index contributed by atoms with van der Waals surface area (Å²) in [5, 5.41) is 0. The maximum atomic E-state index is 12.8. The first-order valence-corrected chi connectivity index (χ1v) is 28.9. The van der Waals surface area contributed by atoms with Crippen LogP contribution in [0, 0.1) is 5.92 Å². The number of hydrogen-bond donors (Lipinski definition) is 0. The van der Waals surface area contributed by atoms with Crippen molar-refractivity contribution in [3.63, 3.8) is 0 Å². The van der Waals surface area contributed by atoms with Gasteiger partial charge >= 0.3 is 17.9 Å². The fourth-order valence-corrected chi connectivity index (χ4v) is 8.92. The molecule has 0 aliphatic carbocycles. The number of hydrogen-bond acceptors (Lipinski definition) is 6. The van der Waals surface area contributed by atoms with Gasteiger partial charge in [0.25, 0.3) is 0 Å². The first-order chi connectivity index (χ1) is 31.4. The number of carbonyl (C=O) groups excluding carboxylic acids is 3.